The molecular formula is C9H16ClO7P. The Kier molecular flexibility index (Phi) is 7.66. The maximum Gasteiger partial charge on any atom is 0.476 e. The van der Waals surface area contributed by atoms with E-state index in [1.807, 2.05) is 0 Å². The van der Waals surface area contributed by atoms with Crippen molar-refractivity contribution in [2.24, 2.45) is 0 Å². The lowest BCUT2D eigenvalue weighted by Crippen LogP contribution is -2.23. The summed E-state index contributed by atoms with van der Waals surface area (Å²) in [6, 6.07) is 0. The molecule has 0 aromatic heterocycles. The van der Waals surface area contributed by atoms with Gasteiger partial charge in [0.05, 0.1) is 6.10 Å². The van der Waals surface area contributed by atoms with Gasteiger partial charge in [0.2, 0.25) is 0 Å². The highest BCUT2D eigenvalue weighted by Gasteiger charge is 2.35. The summed E-state index contributed by atoms with van der Waals surface area (Å²) in [5.41, 5.74) is 0. The Hall–Kier alpha value is -0.460. The Bertz CT molecular complexity index is 335. The van der Waals surface area contributed by atoms with Gasteiger partial charge in [-0.2, -0.15) is 0 Å². The Morgan fingerprint density at radius 1 is 1.33 bits per heavy atom. The van der Waals surface area contributed by atoms with E-state index in [1.165, 1.54) is 20.8 Å². The molecule has 0 aliphatic rings. The number of rotatable bonds is 9. The van der Waals surface area contributed by atoms with Gasteiger partial charge in [-0.05, 0) is 20.8 Å². The molecule has 0 radical (unpaired) electrons. The quantitative estimate of drug-likeness (QED) is 0.394. The molecule has 4 atom stereocenters. The molecule has 0 heterocycles. The minimum atomic E-state index is -4.17. The fourth-order valence-corrected chi connectivity index (χ4v) is 2.54. The molecule has 4 unspecified atom stereocenters. The summed E-state index contributed by atoms with van der Waals surface area (Å²) in [5.74, 6) is -1.33. The molecule has 9 heteroatoms. The predicted octanol–water partition coefficient (Wildman–Crippen LogP) is 1.83. The van der Waals surface area contributed by atoms with Crippen LogP contribution in [0.5, 0.6) is 0 Å². The highest BCUT2D eigenvalue weighted by atomic mass is 35.5. The van der Waals surface area contributed by atoms with Crippen molar-refractivity contribution in [3.8, 4) is 0 Å². The summed E-state index contributed by atoms with van der Waals surface area (Å²) in [5, 5.41) is 8.68. The van der Waals surface area contributed by atoms with Crippen molar-refractivity contribution >= 4 is 31.7 Å². The van der Waals surface area contributed by atoms with Gasteiger partial charge in [0.15, 0.2) is 6.10 Å². The van der Waals surface area contributed by atoms with Gasteiger partial charge < -0.3 is 9.90 Å². The van der Waals surface area contributed by atoms with Crippen molar-refractivity contribution in [3.05, 3.63) is 0 Å². The molecule has 0 amide bonds. The molecule has 0 aromatic carbocycles. The number of phosphoric ester groups is 1. The van der Waals surface area contributed by atoms with Crippen molar-refractivity contribution in [2.45, 2.75) is 39.1 Å². The van der Waals surface area contributed by atoms with Crippen LogP contribution in [0.1, 0.15) is 20.8 Å². The second-order valence-electron chi connectivity index (χ2n) is 3.55. The van der Waals surface area contributed by atoms with Crippen LogP contribution in [0.2, 0.25) is 0 Å². The third kappa shape index (κ3) is 6.47. The molecule has 0 saturated heterocycles. The Balaban J connectivity index is 4.84. The van der Waals surface area contributed by atoms with Crippen LogP contribution < -0.4 is 0 Å². The van der Waals surface area contributed by atoms with E-state index in [0.717, 1.165) is 0 Å². The fourth-order valence-electron chi connectivity index (χ4n) is 0.790. The van der Waals surface area contributed by atoms with Crippen molar-refractivity contribution < 1.29 is 32.8 Å². The van der Waals surface area contributed by atoms with E-state index in [9.17, 15) is 14.2 Å². The number of hydrogen-bond donors (Lipinski definition) is 1. The molecule has 0 fully saturated rings. The topological polar surface area (TPSA) is 99.1 Å². The van der Waals surface area contributed by atoms with E-state index < -0.39 is 32.1 Å². The lowest BCUT2D eigenvalue weighted by Gasteiger charge is -2.23. The van der Waals surface area contributed by atoms with Crippen LogP contribution in [-0.2, 0) is 27.7 Å². The normalized spacial score (nSPS) is 19.6. The van der Waals surface area contributed by atoms with Crippen LogP contribution in [0.4, 0.5) is 0 Å². The average molecular weight is 303 g/mol. The first-order valence-corrected chi connectivity index (χ1v) is 7.13. The van der Waals surface area contributed by atoms with Gasteiger partial charge in [-0.1, -0.05) is 0 Å². The first-order valence-electron chi connectivity index (χ1n) is 5.13. The summed E-state index contributed by atoms with van der Waals surface area (Å²) in [6.07, 6.45) is -2.76. The van der Waals surface area contributed by atoms with E-state index in [1.54, 1.807) is 0 Å². The van der Waals surface area contributed by atoms with E-state index in [-0.39, 0.29) is 5.88 Å². The molecular weight excluding hydrogens is 287 g/mol. The minimum absolute atomic E-state index is 0.00757. The van der Waals surface area contributed by atoms with Crippen molar-refractivity contribution in [1.82, 2.24) is 0 Å². The molecule has 0 aliphatic heterocycles. The molecule has 7 nitrogen and oxygen atoms in total. The highest BCUT2D eigenvalue weighted by molar-refractivity contribution is 7.48. The van der Waals surface area contributed by atoms with E-state index in [4.69, 9.17) is 30.3 Å². The third-order valence-corrected chi connectivity index (χ3v) is 3.87. The summed E-state index contributed by atoms with van der Waals surface area (Å²) < 4.78 is 26.6. The summed E-state index contributed by atoms with van der Waals surface area (Å²) >= 11 is 5.48. The predicted molar refractivity (Wildman–Crippen MR) is 63.7 cm³/mol. The van der Waals surface area contributed by atoms with E-state index >= 15 is 0 Å². The van der Waals surface area contributed by atoms with Crippen LogP contribution in [0.3, 0.4) is 0 Å². The number of phosphoric acid groups is 1. The average Bonchev–Trinajstić information content (AvgIpc) is 2.27. The lowest BCUT2D eigenvalue weighted by molar-refractivity contribution is -0.145. The maximum absolute atomic E-state index is 12.1. The number of carbonyl (C=O) groups excluding carboxylic acids is 1. The molecule has 0 saturated carbocycles. The monoisotopic (exact) mass is 302 g/mol. The summed E-state index contributed by atoms with van der Waals surface area (Å²) in [7, 11) is -4.17. The highest BCUT2D eigenvalue weighted by Crippen LogP contribution is 2.52. The molecule has 0 spiro atoms. The molecule has 0 rings (SSSR count). The zero-order chi connectivity index (χ0) is 14.3. The largest absolute Gasteiger partial charge is 0.479 e. The van der Waals surface area contributed by atoms with Gasteiger partial charge in [-0.3, -0.25) is 13.6 Å². The number of alkyl halides is 1. The minimum Gasteiger partial charge on any atom is -0.479 e. The Morgan fingerprint density at radius 3 is 2.28 bits per heavy atom. The van der Waals surface area contributed by atoms with Crippen LogP contribution in [0.25, 0.3) is 0 Å². The van der Waals surface area contributed by atoms with Crippen LogP contribution in [0, 0.1) is 0 Å². The maximum atomic E-state index is 12.1. The standard InChI is InChI=1S/C9H16ClO7P/c1-6(4-10)15-18(14,16-7(2)5-11)17-8(3)9(12)13/h5-8H,4H2,1-3H3,(H,12,13). The zero-order valence-corrected chi connectivity index (χ0v) is 11.9. The van der Waals surface area contributed by atoms with Crippen molar-refractivity contribution in [1.29, 1.82) is 0 Å². The van der Waals surface area contributed by atoms with E-state index in [2.05, 4.69) is 0 Å². The van der Waals surface area contributed by atoms with Gasteiger partial charge in [0.25, 0.3) is 0 Å². The molecule has 0 aliphatic carbocycles. The number of halogens is 1. The van der Waals surface area contributed by atoms with Gasteiger partial charge >= 0.3 is 13.8 Å². The van der Waals surface area contributed by atoms with Crippen LogP contribution >= 0.6 is 19.4 Å². The number of carboxylic acid groups (broad SMARTS) is 1. The number of hydrogen-bond acceptors (Lipinski definition) is 6. The number of carboxylic acids is 1. The first-order chi connectivity index (χ1) is 8.24. The van der Waals surface area contributed by atoms with Gasteiger partial charge in [-0.15, -0.1) is 11.6 Å². The van der Waals surface area contributed by atoms with Crippen LogP contribution in [0.15, 0.2) is 0 Å². The van der Waals surface area contributed by atoms with Crippen LogP contribution in [-0.4, -0.2) is 41.6 Å². The number of carbonyl (C=O) groups is 2. The van der Waals surface area contributed by atoms with Gasteiger partial charge in [0, 0.05) is 5.88 Å². The first kappa shape index (κ1) is 17.5. The van der Waals surface area contributed by atoms with E-state index in [0.29, 0.717) is 6.29 Å². The second kappa shape index (κ2) is 7.86. The summed E-state index contributed by atoms with van der Waals surface area (Å²) in [4.78, 5) is 21.1. The SMILES string of the molecule is CC(C=O)OP(=O)(OC(C)CCl)OC(C)C(=O)O. The summed E-state index contributed by atoms with van der Waals surface area (Å²) in [6.45, 7) is 3.99. The fraction of sp³-hybridized carbons (Fsp3) is 0.778. The third-order valence-electron chi connectivity index (χ3n) is 1.65. The van der Waals surface area contributed by atoms with Crippen molar-refractivity contribution in [2.75, 3.05) is 5.88 Å². The molecule has 0 bridgehead atoms. The Morgan fingerprint density at radius 2 is 1.89 bits per heavy atom. The van der Waals surface area contributed by atoms with Gasteiger partial charge in [0.1, 0.15) is 12.4 Å². The number of aldehydes is 1. The zero-order valence-electron chi connectivity index (χ0n) is 10.2. The number of aliphatic carboxylic acids is 1. The van der Waals surface area contributed by atoms with Gasteiger partial charge in [-0.25, -0.2) is 9.36 Å². The molecule has 106 valence electrons. The second-order valence-corrected chi connectivity index (χ2v) is 5.39. The molecule has 1 N–H and O–H groups in total. The molecule has 18 heavy (non-hydrogen) atoms. The Labute approximate surface area is 110 Å². The molecule has 0 aromatic rings. The lowest BCUT2D eigenvalue weighted by atomic mass is 10.4. The smallest absolute Gasteiger partial charge is 0.476 e. The van der Waals surface area contributed by atoms with Crippen molar-refractivity contribution in [3.63, 3.8) is 0 Å².